The van der Waals surface area contributed by atoms with Gasteiger partial charge in [0, 0.05) is 16.1 Å². The lowest BCUT2D eigenvalue weighted by Crippen LogP contribution is -2.04. The molecular formula is C12H9BrN2O3. The van der Waals surface area contributed by atoms with Crippen molar-refractivity contribution in [2.45, 2.75) is 6.61 Å². The van der Waals surface area contributed by atoms with E-state index in [0.29, 0.717) is 6.61 Å². The Morgan fingerprint density at radius 1 is 1.22 bits per heavy atom. The first-order valence-electron chi connectivity index (χ1n) is 5.10. The minimum absolute atomic E-state index is 0.108. The van der Waals surface area contributed by atoms with E-state index in [9.17, 15) is 4.79 Å². The fourth-order valence-corrected chi connectivity index (χ4v) is 1.68. The zero-order valence-corrected chi connectivity index (χ0v) is 10.8. The molecule has 0 aliphatic rings. The molecule has 0 saturated heterocycles. The summed E-state index contributed by atoms with van der Waals surface area (Å²) in [5.41, 5.74) is 0.866. The second kappa shape index (κ2) is 5.59. The van der Waals surface area contributed by atoms with E-state index in [-0.39, 0.29) is 11.6 Å². The van der Waals surface area contributed by atoms with Gasteiger partial charge in [-0.05, 0) is 12.1 Å². The molecule has 0 fully saturated rings. The number of ether oxygens (including phenoxy) is 1. The van der Waals surface area contributed by atoms with Crippen LogP contribution in [0.1, 0.15) is 16.1 Å². The van der Waals surface area contributed by atoms with E-state index >= 15 is 0 Å². The van der Waals surface area contributed by atoms with Crippen LogP contribution < -0.4 is 4.74 Å². The topological polar surface area (TPSA) is 72.3 Å². The fraction of sp³-hybridized carbons (Fsp3) is 0.0833. The van der Waals surface area contributed by atoms with Crippen molar-refractivity contribution < 1.29 is 14.6 Å². The Kier molecular flexibility index (Phi) is 3.88. The molecule has 18 heavy (non-hydrogen) atoms. The maximum absolute atomic E-state index is 10.6. The summed E-state index contributed by atoms with van der Waals surface area (Å²) in [4.78, 5) is 10.6. The van der Waals surface area contributed by atoms with Gasteiger partial charge in [0.25, 0.3) is 0 Å². The molecule has 1 N–H and O–H groups in total. The lowest BCUT2D eigenvalue weighted by atomic mass is 10.2. The third-order valence-corrected chi connectivity index (χ3v) is 2.97. The van der Waals surface area contributed by atoms with Gasteiger partial charge in [-0.3, -0.25) is 0 Å². The number of carbonyl (C=O) groups is 1. The molecular weight excluding hydrogens is 300 g/mol. The summed E-state index contributed by atoms with van der Waals surface area (Å²) in [6, 6.07) is 10.5. The van der Waals surface area contributed by atoms with Gasteiger partial charge in [0.1, 0.15) is 6.61 Å². The second-order valence-corrected chi connectivity index (χ2v) is 4.30. The van der Waals surface area contributed by atoms with Crippen LogP contribution >= 0.6 is 15.9 Å². The van der Waals surface area contributed by atoms with Gasteiger partial charge in [-0.15, -0.1) is 10.2 Å². The van der Waals surface area contributed by atoms with Gasteiger partial charge in [0.2, 0.25) is 5.88 Å². The van der Waals surface area contributed by atoms with E-state index in [0.717, 1.165) is 10.0 Å². The average molecular weight is 309 g/mol. The van der Waals surface area contributed by atoms with Crippen molar-refractivity contribution in [3.05, 3.63) is 52.1 Å². The highest BCUT2D eigenvalue weighted by Gasteiger charge is 2.06. The first-order chi connectivity index (χ1) is 8.66. The number of halogens is 1. The molecule has 92 valence electrons. The van der Waals surface area contributed by atoms with Crippen molar-refractivity contribution >= 4 is 21.9 Å². The van der Waals surface area contributed by atoms with Crippen molar-refractivity contribution in [2.24, 2.45) is 0 Å². The number of nitrogens with zero attached hydrogens (tertiary/aromatic N) is 2. The fourth-order valence-electron chi connectivity index (χ4n) is 1.28. The predicted molar refractivity (Wildman–Crippen MR) is 67.5 cm³/mol. The van der Waals surface area contributed by atoms with Crippen LogP contribution in [0.15, 0.2) is 40.9 Å². The average Bonchev–Trinajstić information content (AvgIpc) is 2.38. The van der Waals surface area contributed by atoms with Crippen molar-refractivity contribution in [3.8, 4) is 5.88 Å². The zero-order valence-electron chi connectivity index (χ0n) is 9.21. The largest absolute Gasteiger partial charge is 0.476 e. The summed E-state index contributed by atoms with van der Waals surface area (Å²) in [5.74, 6) is -0.824. The summed E-state index contributed by atoms with van der Waals surface area (Å²) < 4.78 is 6.36. The summed E-state index contributed by atoms with van der Waals surface area (Å²) in [6.07, 6.45) is 0. The number of aromatic carboxylic acids is 1. The molecule has 0 saturated carbocycles. The first kappa shape index (κ1) is 12.5. The minimum atomic E-state index is -1.11. The molecule has 1 aromatic carbocycles. The molecule has 1 heterocycles. The third kappa shape index (κ3) is 3.04. The van der Waals surface area contributed by atoms with Gasteiger partial charge < -0.3 is 9.84 Å². The highest BCUT2D eigenvalue weighted by atomic mass is 79.9. The molecule has 0 spiro atoms. The van der Waals surface area contributed by atoms with Gasteiger partial charge in [-0.2, -0.15) is 0 Å². The maximum Gasteiger partial charge on any atom is 0.356 e. The standard InChI is InChI=1S/C12H9BrN2O3/c13-9-4-2-1-3-8(9)7-18-11-6-5-10(12(16)17)14-15-11/h1-6H,7H2,(H,16,17). The molecule has 6 heteroatoms. The Balaban J connectivity index is 2.02. The van der Waals surface area contributed by atoms with Crippen molar-refractivity contribution in [3.63, 3.8) is 0 Å². The van der Waals surface area contributed by atoms with Crippen LogP contribution in [0, 0.1) is 0 Å². The third-order valence-electron chi connectivity index (χ3n) is 2.19. The molecule has 2 aromatic rings. The van der Waals surface area contributed by atoms with E-state index in [1.54, 1.807) is 0 Å². The van der Waals surface area contributed by atoms with Gasteiger partial charge in [0.05, 0.1) is 0 Å². The number of rotatable bonds is 4. The van der Waals surface area contributed by atoms with Gasteiger partial charge >= 0.3 is 5.97 Å². The number of benzene rings is 1. The normalized spacial score (nSPS) is 10.1. The molecule has 0 radical (unpaired) electrons. The summed E-state index contributed by atoms with van der Waals surface area (Å²) >= 11 is 3.41. The number of carboxylic acid groups (broad SMARTS) is 1. The van der Waals surface area contributed by atoms with E-state index < -0.39 is 5.97 Å². The SMILES string of the molecule is O=C(O)c1ccc(OCc2ccccc2Br)nn1. The van der Waals surface area contributed by atoms with Crippen LogP contribution in [-0.4, -0.2) is 21.3 Å². The summed E-state index contributed by atoms with van der Waals surface area (Å²) in [7, 11) is 0. The molecule has 0 bridgehead atoms. The highest BCUT2D eigenvalue weighted by molar-refractivity contribution is 9.10. The second-order valence-electron chi connectivity index (χ2n) is 3.44. The molecule has 1 aromatic heterocycles. The van der Waals surface area contributed by atoms with Crippen LogP contribution in [0.4, 0.5) is 0 Å². The Bertz CT molecular complexity index is 558. The van der Waals surface area contributed by atoms with Gasteiger partial charge in [-0.1, -0.05) is 34.1 Å². The first-order valence-corrected chi connectivity index (χ1v) is 5.89. The highest BCUT2D eigenvalue weighted by Crippen LogP contribution is 2.17. The Morgan fingerprint density at radius 3 is 2.61 bits per heavy atom. The Labute approximate surface area is 112 Å². The minimum Gasteiger partial charge on any atom is -0.476 e. The molecule has 2 rings (SSSR count). The number of hydrogen-bond donors (Lipinski definition) is 1. The smallest absolute Gasteiger partial charge is 0.356 e. The lowest BCUT2D eigenvalue weighted by molar-refractivity contribution is 0.0689. The van der Waals surface area contributed by atoms with Crippen LogP contribution in [0.2, 0.25) is 0 Å². The lowest BCUT2D eigenvalue weighted by Gasteiger charge is -2.06. The molecule has 0 atom stereocenters. The van der Waals surface area contributed by atoms with Gasteiger partial charge in [0.15, 0.2) is 5.69 Å². The van der Waals surface area contributed by atoms with E-state index in [4.69, 9.17) is 9.84 Å². The van der Waals surface area contributed by atoms with Crippen molar-refractivity contribution in [2.75, 3.05) is 0 Å². The summed E-state index contributed by atoms with van der Waals surface area (Å²) in [6.45, 7) is 0.336. The predicted octanol–water partition coefficient (Wildman–Crippen LogP) is 2.52. The molecule has 0 amide bonds. The van der Waals surface area contributed by atoms with Crippen molar-refractivity contribution in [1.82, 2.24) is 10.2 Å². The Morgan fingerprint density at radius 2 is 2.00 bits per heavy atom. The number of carboxylic acids is 1. The van der Waals surface area contributed by atoms with Crippen LogP contribution in [-0.2, 0) is 6.61 Å². The molecule has 0 unspecified atom stereocenters. The molecule has 0 aliphatic heterocycles. The number of hydrogen-bond acceptors (Lipinski definition) is 4. The van der Waals surface area contributed by atoms with E-state index in [2.05, 4.69) is 26.1 Å². The molecule has 0 aliphatic carbocycles. The van der Waals surface area contributed by atoms with E-state index in [1.807, 2.05) is 24.3 Å². The van der Waals surface area contributed by atoms with Crippen LogP contribution in [0.3, 0.4) is 0 Å². The van der Waals surface area contributed by atoms with Crippen LogP contribution in [0.5, 0.6) is 5.88 Å². The van der Waals surface area contributed by atoms with Crippen LogP contribution in [0.25, 0.3) is 0 Å². The Hall–Kier alpha value is -1.95. The molecule has 5 nitrogen and oxygen atoms in total. The van der Waals surface area contributed by atoms with Gasteiger partial charge in [-0.25, -0.2) is 4.79 Å². The summed E-state index contributed by atoms with van der Waals surface area (Å²) in [5, 5.41) is 15.9. The quantitative estimate of drug-likeness (QED) is 0.939. The maximum atomic E-state index is 10.6. The van der Waals surface area contributed by atoms with Crippen molar-refractivity contribution in [1.29, 1.82) is 0 Å². The van der Waals surface area contributed by atoms with E-state index in [1.165, 1.54) is 12.1 Å². The monoisotopic (exact) mass is 308 g/mol. The number of aromatic nitrogens is 2. The zero-order chi connectivity index (χ0) is 13.0.